The summed E-state index contributed by atoms with van der Waals surface area (Å²) in [5.74, 6) is 0.856. The number of hydrogen-bond acceptors (Lipinski definition) is 5. The van der Waals surface area contributed by atoms with E-state index in [1.807, 2.05) is 18.2 Å². The van der Waals surface area contributed by atoms with E-state index in [0.29, 0.717) is 11.7 Å². The number of benzene rings is 1. The average Bonchev–Trinajstić information content (AvgIpc) is 2.27. The van der Waals surface area contributed by atoms with Crippen molar-refractivity contribution in [1.29, 1.82) is 0 Å². The van der Waals surface area contributed by atoms with Gasteiger partial charge in [-0.25, -0.2) is 9.97 Å². The lowest BCUT2D eigenvalue weighted by molar-refractivity contribution is 0.392. The smallest absolute Gasteiger partial charge is 0.137 e. The third-order valence-electron chi connectivity index (χ3n) is 2.68. The molecule has 1 aromatic carbocycles. The van der Waals surface area contributed by atoms with Gasteiger partial charge < -0.3 is 16.0 Å². The zero-order valence-corrected chi connectivity index (χ0v) is 11.0. The summed E-state index contributed by atoms with van der Waals surface area (Å²) in [5, 5.41) is 4.40. The summed E-state index contributed by atoms with van der Waals surface area (Å²) in [6.07, 6.45) is 1.56. The van der Waals surface area contributed by atoms with Gasteiger partial charge in [0.1, 0.15) is 12.1 Å². The molecule has 5 heteroatoms. The number of nitrogen functional groups attached to an aromatic ring is 1. The Morgan fingerprint density at radius 1 is 1.33 bits per heavy atom. The Labute approximate surface area is 107 Å². The molecule has 0 amide bonds. The quantitative estimate of drug-likeness (QED) is 0.800. The van der Waals surface area contributed by atoms with Gasteiger partial charge in [0.05, 0.1) is 5.52 Å². The Kier molecular flexibility index (Phi) is 3.62. The standard InChI is InChI=1S/C13H19N5/c1-9(7-18(2)3)17-13-11-5-4-10(14)6-12(11)15-8-16-13/h4-6,8-9H,7,14H2,1-3H3,(H,15,16,17). The number of fused-ring (bicyclic) bond motifs is 1. The predicted octanol–water partition coefficient (Wildman–Crippen LogP) is 1.57. The van der Waals surface area contributed by atoms with Crippen molar-refractivity contribution in [2.45, 2.75) is 13.0 Å². The van der Waals surface area contributed by atoms with Crippen LogP contribution in [0, 0.1) is 0 Å². The van der Waals surface area contributed by atoms with E-state index < -0.39 is 0 Å². The fourth-order valence-corrected chi connectivity index (χ4v) is 2.02. The van der Waals surface area contributed by atoms with Crippen LogP contribution >= 0.6 is 0 Å². The molecule has 0 fully saturated rings. The Bertz CT molecular complexity index is 538. The van der Waals surface area contributed by atoms with Crippen molar-refractivity contribution in [1.82, 2.24) is 14.9 Å². The van der Waals surface area contributed by atoms with Crippen molar-refractivity contribution in [2.75, 3.05) is 31.7 Å². The number of hydrogen-bond donors (Lipinski definition) is 2. The first-order chi connectivity index (χ1) is 8.56. The highest BCUT2D eigenvalue weighted by Crippen LogP contribution is 2.21. The number of nitrogens with one attached hydrogen (secondary N) is 1. The summed E-state index contributed by atoms with van der Waals surface area (Å²) in [7, 11) is 4.11. The lowest BCUT2D eigenvalue weighted by Crippen LogP contribution is -2.30. The van der Waals surface area contributed by atoms with Crippen LogP contribution < -0.4 is 11.1 Å². The minimum atomic E-state index is 0.315. The predicted molar refractivity (Wildman–Crippen MR) is 75.6 cm³/mol. The molecule has 96 valence electrons. The molecule has 2 aromatic rings. The van der Waals surface area contributed by atoms with E-state index in [4.69, 9.17) is 5.73 Å². The Morgan fingerprint density at radius 2 is 2.11 bits per heavy atom. The monoisotopic (exact) mass is 245 g/mol. The molecule has 3 N–H and O–H groups in total. The van der Waals surface area contributed by atoms with Crippen LogP contribution in [0.15, 0.2) is 24.5 Å². The van der Waals surface area contributed by atoms with E-state index >= 15 is 0 Å². The van der Waals surface area contributed by atoms with Gasteiger partial charge in [0.15, 0.2) is 0 Å². The molecule has 1 unspecified atom stereocenters. The lowest BCUT2D eigenvalue weighted by Gasteiger charge is -2.19. The lowest BCUT2D eigenvalue weighted by atomic mass is 10.2. The van der Waals surface area contributed by atoms with Gasteiger partial charge in [-0.15, -0.1) is 0 Å². The van der Waals surface area contributed by atoms with Crippen LogP contribution in [0.2, 0.25) is 0 Å². The van der Waals surface area contributed by atoms with E-state index in [1.54, 1.807) is 6.33 Å². The second-order valence-corrected chi connectivity index (χ2v) is 4.81. The first kappa shape index (κ1) is 12.6. The molecular weight excluding hydrogens is 226 g/mol. The summed E-state index contributed by atoms with van der Waals surface area (Å²) in [6.45, 7) is 3.08. The topological polar surface area (TPSA) is 67.1 Å². The minimum Gasteiger partial charge on any atom is -0.399 e. The van der Waals surface area contributed by atoms with Crippen LogP contribution in [0.1, 0.15) is 6.92 Å². The zero-order chi connectivity index (χ0) is 13.1. The van der Waals surface area contributed by atoms with Crippen molar-refractivity contribution in [3.63, 3.8) is 0 Å². The highest BCUT2D eigenvalue weighted by molar-refractivity contribution is 5.90. The summed E-state index contributed by atoms with van der Waals surface area (Å²) >= 11 is 0. The number of aromatic nitrogens is 2. The first-order valence-electron chi connectivity index (χ1n) is 5.98. The molecule has 1 aromatic heterocycles. The van der Waals surface area contributed by atoms with Gasteiger partial charge in [-0.05, 0) is 39.2 Å². The Morgan fingerprint density at radius 3 is 2.83 bits per heavy atom. The molecule has 0 saturated carbocycles. The van der Waals surface area contributed by atoms with Gasteiger partial charge in [-0.1, -0.05) is 0 Å². The Balaban J connectivity index is 2.28. The SMILES string of the molecule is CC(CN(C)C)Nc1ncnc2cc(N)ccc12. The third-order valence-corrected chi connectivity index (χ3v) is 2.68. The van der Waals surface area contributed by atoms with E-state index in [-0.39, 0.29) is 0 Å². The second kappa shape index (κ2) is 5.18. The number of likely N-dealkylation sites (N-methyl/N-ethyl adjacent to an activating group) is 1. The minimum absolute atomic E-state index is 0.315. The molecule has 0 bridgehead atoms. The van der Waals surface area contributed by atoms with E-state index in [0.717, 1.165) is 23.3 Å². The van der Waals surface area contributed by atoms with Crippen molar-refractivity contribution in [3.8, 4) is 0 Å². The number of anilines is 2. The summed E-state index contributed by atoms with van der Waals surface area (Å²) < 4.78 is 0. The van der Waals surface area contributed by atoms with E-state index in [2.05, 4.69) is 41.2 Å². The van der Waals surface area contributed by atoms with E-state index in [1.165, 1.54) is 0 Å². The maximum Gasteiger partial charge on any atom is 0.137 e. The van der Waals surface area contributed by atoms with Gasteiger partial charge in [0, 0.05) is 23.7 Å². The zero-order valence-electron chi connectivity index (χ0n) is 11.0. The van der Waals surface area contributed by atoms with Crippen LogP contribution in [-0.4, -0.2) is 41.5 Å². The van der Waals surface area contributed by atoms with Crippen molar-refractivity contribution in [2.24, 2.45) is 0 Å². The van der Waals surface area contributed by atoms with Gasteiger partial charge in [-0.2, -0.15) is 0 Å². The molecule has 0 aliphatic carbocycles. The average molecular weight is 245 g/mol. The molecule has 2 rings (SSSR count). The molecule has 18 heavy (non-hydrogen) atoms. The van der Waals surface area contributed by atoms with Crippen LogP contribution in [-0.2, 0) is 0 Å². The first-order valence-corrected chi connectivity index (χ1v) is 5.98. The fraction of sp³-hybridized carbons (Fsp3) is 0.385. The van der Waals surface area contributed by atoms with Crippen LogP contribution in [0.5, 0.6) is 0 Å². The molecule has 0 spiro atoms. The molecule has 1 atom stereocenters. The van der Waals surface area contributed by atoms with Crippen LogP contribution in [0.3, 0.4) is 0 Å². The van der Waals surface area contributed by atoms with Gasteiger partial charge >= 0.3 is 0 Å². The number of nitrogens with zero attached hydrogens (tertiary/aromatic N) is 3. The highest BCUT2D eigenvalue weighted by atomic mass is 15.1. The van der Waals surface area contributed by atoms with Crippen molar-refractivity contribution < 1.29 is 0 Å². The normalized spacial score (nSPS) is 12.9. The summed E-state index contributed by atoms with van der Waals surface area (Å²) in [6, 6.07) is 6.00. The largest absolute Gasteiger partial charge is 0.399 e. The third kappa shape index (κ3) is 2.87. The van der Waals surface area contributed by atoms with Gasteiger partial charge in [0.25, 0.3) is 0 Å². The second-order valence-electron chi connectivity index (χ2n) is 4.81. The molecule has 1 heterocycles. The molecule has 5 nitrogen and oxygen atoms in total. The highest BCUT2D eigenvalue weighted by Gasteiger charge is 2.08. The van der Waals surface area contributed by atoms with Crippen molar-refractivity contribution in [3.05, 3.63) is 24.5 Å². The molecule has 0 radical (unpaired) electrons. The molecule has 0 aliphatic heterocycles. The molecule has 0 saturated heterocycles. The summed E-state index contributed by atoms with van der Waals surface area (Å²) in [4.78, 5) is 10.7. The van der Waals surface area contributed by atoms with Crippen molar-refractivity contribution >= 4 is 22.4 Å². The van der Waals surface area contributed by atoms with Gasteiger partial charge in [0.2, 0.25) is 0 Å². The van der Waals surface area contributed by atoms with Gasteiger partial charge in [-0.3, -0.25) is 0 Å². The number of nitrogens with two attached hydrogens (primary N) is 1. The van der Waals surface area contributed by atoms with Crippen LogP contribution in [0.25, 0.3) is 10.9 Å². The Hall–Kier alpha value is -1.88. The summed E-state index contributed by atoms with van der Waals surface area (Å²) in [5.41, 5.74) is 7.34. The number of rotatable bonds is 4. The molecular formula is C13H19N5. The van der Waals surface area contributed by atoms with Crippen LogP contribution in [0.4, 0.5) is 11.5 Å². The molecule has 0 aliphatic rings. The maximum absolute atomic E-state index is 5.75. The fourth-order valence-electron chi connectivity index (χ4n) is 2.02. The maximum atomic E-state index is 5.75. The van der Waals surface area contributed by atoms with E-state index in [9.17, 15) is 0 Å².